The summed E-state index contributed by atoms with van der Waals surface area (Å²) >= 11 is 0. The number of rotatable bonds is 3. The Balaban J connectivity index is 1.80. The highest BCUT2D eigenvalue weighted by atomic mass is 16.3. The lowest BCUT2D eigenvalue weighted by Gasteiger charge is -2.34. The first-order valence-electron chi connectivity index (χ1n) is 7.15. The van der Waals surface area contributed by atoms with Gasteiger partial charge in [0.2, 0.25) is 5.89 Å². The van der Waals surface area contributed by atoms with Crippen molar-refractivity contribution in [1.29, 1.82) is 0 Å². The van der Waals surface area contributed by atoms with Crippen molar-refractivity contribution in [2.24, 2.45) is 0 Å². The lowest BCUT2D eigenvalue weighted by atomic mass is 10.0. The molecular formula is C15H21N3O. The van der Waals surface area contributed by atoms with Gasteiger partial charge in [0, 0.05) is 17.8 Å². The molecule has 0 aliphatic carbocycles. The number of oxazole rings is 1. The van der Waals surface area contributed by atoms with Crippen molar-refractivity contribution in [3.05, 3.63) is 24.1 Å². The first-order chi connectivity index (χ1) is 9.26. The number of hydrogen-bond acceptors (Lipinski definition) is 4. The van der Waals surface area contributed by atoms with E-state index in [1.165, 1.54) is 25.7 Å². The van der Waals surface area contributed by atoms with E-state index in [1.807, 2.05) is 18.2 Å². The molecule has 1 aromatic heterocycles. The number of piperidine rings is 1. The van der Waals surface area contributed by atoms with Crippen LogP contribution in [0.1, 0.15) is 38.5 Å². The Hall–Kier alpha value is -1.55. The van der Waals surface area contributed by atoms with Crippen molar-refractivity contribution in [3.8, 4) is 0 Å². The van der Waals surface area contributed by atoms with Gasteiger partial charge in [0.05, 0.1) is 6.54 Å². The molecule has 0 amide bonds. The largest absolute Gasteiger partial charge is 0.439 e. The van der Waals surface area contributed by atoms with Crippen LogP contribution in [0.3, 0.4) is 0 Å². The Labute approximate surface area is 113 Å². The van der Waals surface area contributed by atoms with Gasteiger partial charge in [-0.25, -0.2) is 4.98 Å². The van der Waals surface area contributed by atoms with E-state index in [2.05, 4.69) is 16.8 Å². The maximum Gasteiger partial charge on any atom is 0.209 e. The summed E-state index contributed by atoms with van der Waals surface area (Å²) in [6.45, 7) is 4.22. The Morgan fingerprint density at radius 2 is 2.32 bits per heavy atom. The summed E-state index contributed by atoms with van der Waals surface area (Å²) in [5.74, 6) is 0.806. The first kappa shape index (κ1) is 12.5. The van der Waals surface area contributed by atoms with Crippen molar-refractivity contribution >= 4 is 16.8 Å². The second kappa shape index (κ2) is 5.21. The van der Waals surface area contributed by atoms with Crippen molar-refractivity contribution < 1.29 is 4.42 Å². The van der Waals surface area contributed by atoms with Gasteiger partial charge < -0.3 is 10.2 Å². The summed E-state index contributed by atoms with van der Waals surface area (Å²) in [6, 6.07) is 6.31. The summed E-state index contributed by atoms with van der Waals surface area (Å²) in [5, 5.41) is 0. The van der Waals surface area contributed by atoms with Gasteiger partial charge in [0.25, 0.3) is 0 Å². The Kier molecular flexibility index (Phi) is 3.42. The van der Waals surface area contributed by atoms with Gasteiger partial charge >= 0.3 is 0 Å². The van der Waals surface area contributed by atoms with E-state index in [4.69, 9.17) is 10.2 Å². The number of aromatic nitrogens is 1. The fourth-order valence-electron chi connectivity index (χ4n) is 2.96. The number of fused-ring (bicyclic) bond motifs is 1. The van der Waals surface area contributed by atoms with Gasteiger partial charge in [-0.05, 0) is 37.9 Å². The highest BCUT2D eigenvalue weighted by Gasteiger charge is 2.22. The van der Waals surface area contributed by atoms with E-state index in [0.29, 0.717) is 6.04 Å². The third-order valence-electron chi connectivity index (χ3n) is 4.02. The lowest BCUT2D eigenvalue weighted by molar-refractivity contribution is 0.125. The van der Waals surface area contributed by atoms with Crippen LogP contribution in [0.15, 0.2) is 22.6 Å². The first-order valence-corrected chi connectivity index (χ1v) is 7.15. The molecule has 102 valence electrons. The minimum absolute atomic E-state index is 0.675. The third kappa shape index (κ3) is 2.59. The van der Waals surface area contributed by atoms with E-state index < -0.39 is 0 Å². The number of anilines is 1. The minimum atomic E-state index is 0.675. The molecular weight excluding hydrogens is 238 g/mol. The molecule has 4 heteroatoms. The number of benzene rings is 1. The highest BCUT2D eigenvalue weighted by molar-refractivity contribution is 5.76. The zero-order valence-corrected chi connectivity index (χ0v) is 11.4. The van der Waals surface area contributed by atoms with Crippen LogP contribution in [-0.4, -0.2) is 22.5 Å². The number of hydrogen-bond donors (Lipinski definition) is 1. The SMILES string of the molecule is CCC1CCCCN1Cc1nc2ccc(N)cc2o1. The second-order valence-corrected chi connectivity index (χ2v) is 5.36. The maximum atomic E-state index is 5.81. The molecule has 1 fully saturated rings. The van der Waals surface area contributed by atoms with Crippen molar-refractivity contribution in [2.75, 3.05) is 12.3 Å². The molecule has 3 rings (SSSR count). The van der Waals surface area contributed by atoms with Gasteiger partial charge in [0.15, 0.2) is 5.58 Å². The van der Waals surface area contributed by atoms with Gasteiger partial charge in [-0.1, -0.05) is 13.3 Å². The van der Waals surface area contributed by atoms with Crippen LogP contribution in [0.4, 0.5) is 5.69 Å². The van der Waals surface area contributed by atoms with Crippen LogP contribution >= 0.6 is 0 Å². The summed E-state index contributed by atoms with van der Waals surface area (Å²) in [7, 11) is 0. The van der Waals surface area contributed by atoms with Crippen molar-refractivity contribution in [1.82, 2.24) is 9.88 Å². The minimum Gasteiger partial charge on any atom is -0.439 e. The predicted molar refractivity (Wildman–Crippen MR) is 76.8 cm³/mol. The molecule has 0 bridgehead atoms. The summed E-state index contributed by atoms with van der Waals surface area (Å²) in [6.07, 6.45) is 5.12. The normalized spacial score (nSPS) is 21.0. The monoisotopic (exact) mass is 259 g/mol. The van der Waals surface area contributed by atoms with Crippen molar-refractivity contribution in [3.63, 3.8) is 0 Å². The predicted octanol–water partition coefficient (Wildman–Crippen LogP) is 3.17. The molecule has 1 atom stereocenters. The average Bonchev–Trinajstić information content (AvgIpc) is 2.80. The molecule has 2 heterocycles. The molecule has 1 unspecified atom stereocenters. The molecule has 1 aliphatic rings. The number of nitrogens with zero attached hydrogens (tertiary/aromatic N) is 2. The van der Waals surface area contributed by atoms with E-state index in [0.717, 1.165) is 35.8 Å². The standard InChI is InChI=1S/C15H21N3O/c1-2-12-5-3-4-8-18(12)10-15-17-13-7-6-11(16)9-14(13)19-15/h6-7,9,12H,2-5,8,10,16H2,1H3. The molecule has 1 saturated heterocycles. The zero-order chi connectivity index (χ0) is 13.2. The molecule has 19 heavy (non-hydrogen) atoms. The fraction of sp³-hybridized carbons (Fsp3) is 0.533. The molecule has 2 aromatic rings. The smallest absolute Gasteiger partial charge is 0.209 e. The lowest BCUT2D eigenvalue weighted by Crippen LogP contribution is -2.38. The maximum absolute atomic E-state index is 5.81. The molecule has 1 aliphatic heterocycles. The van der Waals surface area contributed by atoms with Crippen LogP contribution in [0.5, 0.6) is 0 Å². The molecule has 4 nitrogen and oxygen atoms in total. The van der Waals surface area contributed by atoms with Crippen LogP contribution < -0.4 is 5.73 Å². The molecule has 1 aromatic carbocycles. The fourth-order valence-corrected chi connectivity index (χ4v) is 2.96. The average molecular weight is 259 g/mol. The van der Waals surface area contributed by atoms with E-state index >= 15 is 0 Å². The Bertz CT molecular complexity index is 564. The Morgan fingerprint density at radius 3 is 3.16 bits per heavy atom. The van der Waals surface area contributed by atoms with Gasteiger partial charge in [-0.2, -0.15) is 0 Å². The van der Waals surface area contributed by atoms with Gasteiger partial charge in [-0.15, -0.1) is 0 Å². The van der Waals surface area contributed by atoms with Crippen LogP contribution in [0.25, 0.3) is 11.1 Å². The molecule has 0 spiro atoms. The van der Waals surface area contributed by atoms with Gasteiger partial charge in [0.1, 0.15) is 5.52 Å². The van der Waals surface area contributed by atoms with E-state index in [9.17, 15) is 0 Å². The van der Waals surface area contributed by atoms with Crippen LogP contribution in [-0.2, 0) is 6.54 Å². The number of nitrogens with two attached hydrogens (primary N) is 1. The van der Waals surface area contributed by atoms with E-state index in [-0.39, 0.29) is 0 Å². The summed E-state index contributed by atoms with van der Waals surface area (Å²) < 4.78 is 5.81. The van der Waals surface area contributed by atoms with Crippen LogP contribution in [0, 0.1) is 0 Å². The second-order valence-electron chi connectivity index (χ2n) is 5.36. The highest BCUT2D eigenvalue weighted by Crippen LogP contribution is 2.24. The number of nitrogen functional groups attached to an aromatic ring is 1. The van der Waals surface area contributed by atoms with Gasteiger partial charge in [-0.3, -0.25) is 4.90 Å². The summed E-state index contributed by atoms with van der Waals surface area (Å²) in [4.78, 5) is 7.05. The zero-order valence-electron chi connectivity index (χ0n) is 11.4. The summed E-state index contributed by atoms with van der Waals surface area (Å²) in [5.41, 5.74) is 8.17. The van der Waals surface area contributed by atoms with Crippen molar-refractivity contribution in [2.45, 2.75) is 45.2 Å². The molecule has 0 saturated carbocycles. The molecule has 2 N–H and O–H groups in total. The van der Waals surface area contributed by atoms with E-state index in [1.54, 1.807) is 0 Å². The molecule has 0 radical (unpaired) electrons. The van der Waals surface area contributed by atoms with Crippen LogP contribution in [0.2, 0.25) is 0 Å². The third-order valence-corrected chi connectivity index (χ3v) is 4.02. The quantitative estimate of drug-likeness (QED) is 0.860. The number of likely N-dealkylation sites (tertiary alicyclic amines) is 1. The Morgan fingerprint density at radius 1 is 1.42 bits per heavy atom. The topological polar surface area (TPSA) is 55.3 Å².